The first-order valence-corrected chi connectivity index (χ1v) is 8.44. The standard InChI is InChI=1S/C18H18Cl2F3N/c1-12(2-3-13-6-9-16(19)17(20)10-13)24-11-14-4-7-15(8-5-14)18(21,22)23/h4-10,12,24H,2-3,11H2,1H3/p+1/t12-/m1/s1. The quantitative estimate of drug-likeness (QED) is 0.722. The Morgan fingerprint density at radius 3 is 2.17 bits per heavy atom. The van der Waals surface area contributed by atoms with Gasteiger partial charge in [0.1, 0.15) is 6.54 Å². The van der Waals surface area contributed by atoms with E-state index < -0.39 is 11.7 Å². The Kier molecular flexibility index (Phi) is 6.55. The van der Waals surface area contributed by atoms with Crippen molar-refractivity contribution in [1.82, 2.24) is 0 Å². The highest BCUT2D eigenvalue weighted by molar-refractivity contribution is 6.42. The molecular formula is C18H19Cl2F3N+. The van der Waals surface area contributed by atoms with Gasteiger partial charge in [0, 0.05) is 12.0 Å². The van der Waals surface area contributed by atoms with Gasteiger partial charge in [0.25, 0.3) is 0 Å². The minimum Gasteiger partial charge on any atom is -0.340 e. The first-order chi connectivity index (χ1) is 11.3. The van der Waals surface area contributed by atoms with Crippen molar-refractivity contribution in [3.05, 3.63) is 69.2 Å². The molecule has 2 aromatic carbocycles. The molecule has 0 saturated carbocycles. The van der Waals surface area contributed by atoms with E-state index in [-0.39, 0.29) is 0 Å². The summed E-state index contributed by atoms with van der Waals surface area (Å²) in [5, 5.41) is 3.22. The van der Waals surface area contributed by atoms with Gasteiger partial charge >= 0.3 is 6.18 Å². The second-order valence-corrected chi connectivity index (χ2v) is 6.71. The van der Waals surface area contributed by atoms with Crippen LogP contribution in [0.15, 0.2) is 42.5 Å². The summed E-state index contributed by atoms with van der Waals surface area (Å²) in [6.45, 7) is 2.75. The summed E-state index contributed by atoms with van der Waals surface area (Å²) in [7, 11) is 0. The van der Waals surface area contributed by atoms with Crippen molar-refractivity contribution in [3.8, 4) is 0 Å². The molecule has 0 spiro atoms. The molecule has 1 nitrogen and oxygen atoms in total. The molecule has 0 aromatic heterocycles. The molecule has 0 heterocycles. The number of hydrogen-bond donors (Lipinski definition) is 1. The minimum absolute atomic E-state index is 0.349. The number of halogens is 5. The summed E-state index contributed by atoms with van der Waals surface area (Å²) in [6.07, 6.45) is -2.46. The fraction of sp³-hybridized carbons (Fsp3) is 0.333. The van der Waals surface area contributed by atoms with Gasteiger partial charge in [-0.2, -0.15) is 13.2 Å². The molecule has 0 aliphatic carbocycles. The smallest absolute Gasteiger partial charge is 0.340 e. The zero-order chi connectivity index (χ0) is 17.7. The molecule has 0 aliphatic heterocycles. The molecule has 0 radical (unpaired) electrons. The molecule has 0 aliphatic rings. The number of hydrogen-bond acceptors (Lipinski definition) is 0. The highest BCUT2D eigenvalue weighted by atomic mass is 35.5. The SMILES string of the molecule is C[C@H](CCc1ccc(Cl)c(Cl)c1)[NH2+]Cc1ccc(C(F)(F)F)cc1. The summed E-state index contributed by atoms with van der Waals surface area (Å²) in [5.74, 6) is 0. The lowest BCUT2D eigenvalue weighted by atomic mass is 10.1. The molecule has 0 bridgehead atoms. The highest BCUT2D eigenvalue weighted by Gasteiger charge is 2.29. The second kappa shape index (κ2) is 8.24. The number of rotatable bonds is 6. The van der Waals surface area contributed by atoms with Crippen LogP contribution in [0.25, 0.3) is 0 Å². The van der Waals surface area contributed by atoms with E-state index in [1.165, 1.54) is 12.1 Å². The number of nitrogens with two attached hydrogens (primary N) is 1. The topological polar surface area (TPSA) is 16.6 Å². The predicted molar refractivity (Wildman–Crippen MR) is 91.3 cm³/mol. The first kappa shape index (κ1) is 19.1. The Morgan fingerprint density at radius 1 is 0.958 bits per heavy atom. The van der Waals surface area contributed by atoms with E-state index >= 15 is 0 Å². The Balaban J connectivity index is 1.80. The normalized spacial score (nSPS) is 13.1. The summed E-state index contributed by atoms with van der Waals surface area (Å²) in [5.41, 5.74) is 1.39. The van der Waals surface area contributed by atoms with E-state index in [0.717, 1.165) is 36.1 Å². The third kappa shape index (κ3) is 5.69. The lowest BCUT2D eigenvalue weighted by molar-refractivity contribution is -0.701. The monoisotopic (exact) mass is 376 g/mol. The summed E-state index contributed by atoms with van der Waals surface area (Å²) in [6, 6.07) is 11.3. The number of aryl methyl sites for hydroxylation is 1. The molecule has 24 heavy (non-hydrogen) atoms. The van der Waals surface area contributed by atoms with Gasteiger partial charge in [-0.15, -0.1) is 0 Å². The molecule has 130 valence electrons. The fourth-order valence-electron chi connectivity index (χ4n) is 2.37. The molecule has 2 N–H and O–H groups in total. The first-order valence-electron chi connectivity index (χ1n) is 7.69. The molecule has 0 amide bonds. The molecule has 0 unspecified atom stereocenters. The maximum absolute atomic E-state index is 12.5. The van der Waals surface area contributed by atoms with Gasteiger partial charge in [-0.05, 0) is 43.2 Å². The van der Waals surface area contributed by atoms with E-state index in [2.05, 4.69) is 12.2 Å². The van der Waals surface area contributed by atoms with Crippen LogP contribution in [0.4, 0.5) is 13.2 Å². The molecule has 2 aromatic rings. The molecule has 0 saturated heterocycles. The fourth-order valence-corrected chi connectivity index (χ4v) is 2.70. The molecule has 1 atom stereocenters. The van der Waals surface area contributed by atoms with Gasteiger partial charge in [0.15, 0.2) is 0 Å². The van der Waals surface area contributed by atoms with Crippen LogP contribution >= 0.6 is 23.2 Å². The van der Waals surface area contributed by atoms with E-state index in [1.807, 2.05) is 12.1 Å². The lowest BCUT2D eigenvalue weighted by Crippen LogP contribution is -2.87. The van der Waals surface area contributed by atoms with Crippen molar-refractivity contribution in [2.75, 3.05) is 0 Å². The van der Waals surface area contributed by atoms with Gasteiger partial charge < -0.3 is 5.32 Å². The zero-order valence-electron chi connectivity index (χ0n) is 13.2. The number of benzene rings is 2. The van der Waals surface area contributed by atoms with Gasteiger partial charge in [-0.1, -0.05) is 41.4 Å². The van der Waals surface area contributed by atoms with Gasteiger partial charge in [-0.25, -0.2) is 0 Å². The van der Waals surface area contributed by atoms with E-state index in [0.29, 0.717) is 22.6 Å². The van der Waals surface area contributed by atoms with Gasteiger partial charge in [0.2, 0.25) is 0 Å². The molecule has 2 rings (SSSR count). The van der Waals surface area contributed by atoms with E-state index in [9.17, 15) is 13.2 Å². The third-order valence-electron chi connectivity index (χ3n) is 3.91. The minimum atomic E-state index is -4.28. The van der Waals surface area contributed by atoms with Crippen molar-refractivity contribution in [2.24, 2.45) is 0 Å². The van der Waals surface area contributed by atoms with E-state index in [1.54, 1.807) is 6.07 Å². The summed E-state index contributed by atoms with van der Waals surface area (Å²) in [4.78, 5) is 0. The van der Waals surface area contributed by atoms with Crippen LogP contribution in [-0.4, -0.2) is 6.04 Å². The Bertz CT molecular complexity index is 669. The summed E-state index contributed by atoms with van der Waals surface area (Å²) < 4.78 is 37.6. The van der Waals surface area contributed by atoms with Gasteiger partial charge in [0.05, 0.1) is 21.7 Å². The molecule has 6 heteroatoms. The van der Waals surface area contributed by atoms with Crippen molar-refractivity contribution in [3.63, 3.8) is 0 Å². The molecular weight excluding hydrogens is 358 g/mol. The van der Waals surface area contributed by atoms with E-state index in [4.69, 9.17) is 23.2 Å². The Hall–Kier alpha value is -1.23. The second-order valence-electron chi connectivity index (χ2n) is 5.90. The Morgan fingerprint density at radius 2 is 1.58 bits per heavy atom. The predicted octanol–water partition coefficient (Wildman–Crippen LogP) is 5.10. The van der Waals surface area contributed by atoms with Crippen LogP contribution in [0.2, 0.25) is 10.0 Å². The van der Waals surface area contributed by atoms with Crippen LogP contribution in [-0.2, 0) is 19.1 Å². The van der Waals surface area contributed by atoms with Crippen LogP contribution in [0.5, 0.6) is 0 Å². The van der Waals surface area contributed by atoms with Crippen LogP contribution in [0.3, 0.4) is 0 Å². The maximum Gasteiger partial charge on any atom is 0.416 e. The van der Waals surface area contributed by atoms with Crippen molar-refractivity contribution < 1.29 is 18.5 Å². The average molecular weight is 377 g/mol. The van der Waals surface area contributed by atoms with Crippen molar-refractivity contribution in [2.45, 2.75) is 38.5 Å². The Labute approximate surface area is 149 Å². The number of alkyl halides is 3. The maximum atomic E-state index is 12.5. The van der Waals surface area contributed by atoms with Crippen LogP contribution < -0.4 is 5.32 Å². The highest BCUT2D eigenvalue weighted by Crippen LogP contribution is 2.29. The molecule has 0 fully saturated rings. The van der Waals surface area contributed by atoms with Gasteiger partial charge in [-0.3, -0.25) is 0 Å². The zero-order valence-corrected chi connectivity index (χ0v) is 14.7. The van der Waals surface area contributed by atoms with Crippen LogP contribution in [0.1, 0.15) is 30.0 Å². The van der Waals surface area contributed by atoms with Crippen LogP contribution in [0, 0.1) is 0 Å². The van der Waals surface area contributed by atoms with Crippen molar-refractivity contribution >= 4 is 23.2 Å². The van der Waals surface area contributed by atoms with Crippen molar-refractivity contribution in [1.29, 1.82) is 0 Å². The number of quaternary nitrogens is 1. The third-order valence-corrected chi connectivity index (χ3v) is 4.65. The lowest BCUT2D eigenvalue weighted by Gasteiger charge is -2.12. The average Bonchev–Trinajstić information content (AvgIpc) is 2.53. The summed E-state index contributed by atoms with van der Waals surface area (Å²) >= 11 is 11.9. The largest absolute Gasteiger partial charge is 0.416 e.